The van der Waals surface area contributed by atoms with Crippen LogP contribution in [-0.4, -0.2) is 41.0 Å². The molecule has 0 atom stereocenters. The van der Waals surface area contributed by atoms with Crippen LogP contribution in [0.2, 0.25) is 0 Å². The lowest BCUT2D eigenvalue weighted by Gasteiger charge is -2.09. The number of ether oxygens (including phenoxy) is 2. The summed E-state index contributed by atoms with van der Waals surface area (Å²) in [6, 6.07) is 25.9. The summed E-state index contributed by atoms with van der Waals surface area (Å²) in [7, 11) is 1.62. The lowest BCUT2D eigenvalue weighted by atomic mass is 10.1. The lowest BCUT2D eigenvalue weighted by Crippen LogP contribution is -2.12. The number of rotatable bonds is 10. The molecule has 174 valence electrons. The number of benzene rings is 3. The minimum absolute atomic E-state index is 0.0217. The van der Waals surface area contributed by atoms with Crippen molar-refractivity contribution in [1.29, 1.82) is 0 Å². The van der Waals surface area contributed by atoms with Gasteiger partial charge >= 0.3 is 6.01 Å². The third kappa shape index (κ3) is 6.08. The number of aromatic nitrogens is 3. The largest absolute Gasteiger partial charge is 0.460 e. The zero-order valence-corrected chi connectivity index (χ0v) is 19.4. The number of anilines is 1. The van der Waals surface area contributed by atoms with Crippen molar-refractivity contribution in [1.82, 2.24) is 14.8 Å². The smallest absolute Gasteiger partial charge is 0.336 e. The monoisotopic (exact) mass is 456 g/mol. The Hall–Kier alpha value is -3.97. The molecule has 3 aromatic carbocycles. The summed E-state index contributed by atoms with van der Waals surface area (Å²) in [6.45, 7) is 2.86. The Kier molecular flexibility index (Phi) is 7.67. The third-order valence-electron chi connectivity index (χ3n) is 5.30. The molecule has 1 heterocycles. The van der Waals surface area contributed by atoms with Crippen molar-refractivity contribution in [3.05, 3.63) is 90.0 Å². The van der Waals surface area contributed by atoms with Crippen molar-refractivity contribution < 1.29 is 14.3 Å². The molecule has 4 rings (SSSR count). The topological polar surface area (TPSA) is 78.3 Å². The summed E-state index contributed by atoms with van der Waals surface area (Å²) < 4.78 is 12.4. The molecule has 0 saturated carbocycles. The Morgan fingerprint density at radius 3 is 2.38 bits per heavy atom. The van der Waals surface area contributed by atoms with E-state index < -0.39 is 0 Å². The van der Waals surface area contributed by atoms with Crippen LogP contribution < -0.4 is 10.1 Å². The highest BCUT2D eigenvalue weighted by atomic mass is 16.5. The van der Waals surface area contributed by atoms with Gasteiger partial charge in [0.15, 0.2) is 5.82 Å². The molecule has 1 amide bonds. The summed E-state index contributed by atoms with van der Waals surface area (Å²) in [5.74, 6) is 0.651. The van der Waals surface area contributed by atoms with Gasteiger partial charge in [-0.1, -0.05) is 60.2 Å². The minimum Gasteiger partial charge on any atom is -0.460 e. The second-order valence-corrected chi connectivity index (χ2v) is 7.92. The molecule has 0 aliphatic rings. The maximum Gasteiger partial charge on any atom is 0.336 e. The fraction of sp³-hybridized carbons (Fsp3) is 0.222. The SMILES string of the molecule is COCCOc1nc(-c2ccc(C)cc2)n(-c2ccc(NC(=O)CCc3ccccc3)cc2)n1. The predicted octanol–water partition coefficient (Wildman–Crippen LogP) is 4.84. The molecule has 7 nitrogen and oxygen atoms in total. The first-order chi connectivity index (χ1) is 16.6. The summed E-state index contributed by atoms with van der Waals surface area (Å²) in [6.07, 6.45) is 1.13. The van der Waals surface area contributed by atoms with Gasteiger partial charge in [-0.25, -0.2) is 4.68 Å². The van der Waals surface area contributed by atoms with E-state index in [0.29, 0.717) is 31.9 Å². The first-order valence-electron chi connectivity index (χ1n) is 11.2. The van der Waals surface area contributed by atoms with Gasteiger partial charge in [-0.05, 0) is 43.2 Å². The summed E-state index contributed by atoms with van der Waals surface area (Å²) in [4.78, 5) is 17.0. The number of nitrogens with one attached hydrogen (secondary N) is 1. The van der Waals surface area contributed by atoms with Crippen LogP contribution in [0.15, 0.2) is 78.9 Å². The summed E-state index contributed by atoms with van der Waals surface area (Å²) in [5, 5.41) is 7.51. The molecule has 0 aliphatic heterocycles. The van der Waals surface area contributed by atoms with Crippen LogP contribution in [-0.2, 0) is 16.0 Å². The summed E-state index contributed by atoms with van der Waals surface area (Å²) in [5.41, 5.74) is 4.78. The van der Waals surface area contributed by atoms with Crippen LogP contribution in [0.3, 0.4) is 0 Å². The van der Waals surface area contributed by atoms with Crippen LogP contribution in [0.1, 0.15) is 17.5 Å². The predicted molar refractivity (Wildman–Crippen MR) is 132 cm³/mol. The Labute approximate surface area is 199 Å². The van der Waals surface area contributed by atoms with Gasteiger partial charge < -0.3 is 14.8 Å². The van der Waals surface area contributed by atoms with Crippen molar-refractivity contribution >= 4 is 11.6 Å². The molecular weight excluding hydrogens is 428 g/mol. The number of amides is 1. The Balaban J connectivity index is 1.49. The van der Waals surface area contributed by atoms with Gasteiger partial charge in [-0.15, -0.1) is 5.10 Å². The molecule has 0 aliphatic carbocycles. The number of hydrogen-bond acceptors (Lipinski definition) is 5. The van der Waals surface area contributed by atoms with Gasteiger partial charge in [-0.2, -0.15) is 4.98 Å². The van der Waals surface area contributed by atoms with E-state index in [-0.39, 0.29) is 11.9 Å². The van der Waals surface area contributed by atoms with Crippen LogP contribution in [0, 0.1) is 6.92 Å². The van der Waals surface area contributed by atoms with Crippen LogP contribution >= 0.6 is 0 Å². The van der Waals surface area contributed by atoms with Gasteiger partial charge in [0.1, 0.15) is 6.61 Å². The molecule has 7 heteroatoms. The van der Waals surface area contributed by atoms with Crippen molar-refractivity contribution in [3.63, 3.8) is 0 Å². The molecule has 1 N–H and O–H groups in total. The zero-order valence-electron chi connectivity index (χ0n) is 19.4. The minimum atomic E-state index is -0.0217. The number of aryl methyl sites for hydroxylation is 2. The quantitative estimate of drug-likeness (QED) is 0.346. The zero-order chi connectivity index (χ0) is 23.8. The average molecular weight is 457 g/mol. The third-order valence-corrected chi connectivity index (χ3v) is 5.30. The standard InChI is InChI=1S/C27H28N4O3/c1-20-8-11-22(12-9-20)26-29-27(34-19-18-33-2)30-31(26)24-15-13-23(14-16-24)28-25(32)17-10-21-6-4-3-5-7-21/h3-9,11-16H,10,17-19H2,1-2H3,(H,28,32). The molecule has 0 spiro atoms. The van der Waals surface area contributed by atoms with Crippen molar-refractivity contribution in [2.24, 2.45) is 0 Å². The Bertz CT molecular complexity index is 1200. The molecule has 0 bridgehead atoms. The molecule has 4 aromatic rings. The second-order valence-electron chi connectivity index (χ2n) is 7.92. The van der Waals surface area contributed by atoms with E-state index in [2.05, 4.69) is 15.4 Å². The molecule has 0 saturated heterocycles. The highest BCUT2D eigenvalue weighted by Crippen LogP contribution is 2.25. The van der Waals surface area contributed by atoms with Crippen molar-refractivity contribution in [3.8, 4) is 23.1 Å². The molecule has 1 aromatic heterocycles. The highest BCUT2D eigenvalue weighted by molar-refractivity contribution is 5.90. The Morgan fingerprint density at radius 1 is 0.941 bits per heavy atom. The summed E-state index contributed by atoms with van der Waals surface area (Å²) >= 11 is 0. The highest BCUT2D eigenvalue weighted by Gasteiger charge is 2.15. The molecule has 0 unspecified atom stereocenters. The van der Waals surface area contributed by atoms with E-state index in [1.165, 1.54) is 5.56 Å². The molecular formula is C27H28N4O3. The second kappa shape index (κ2) is 11.2. The fourth-order valence-corrected chi connectivity index (χ4v) is 3.45. The van der Waals surface area contributed by atoms with E-state index in [0.717, 1.165) is 22.5 Å². The fourth-order valence-electron chi connectivity index (χ4n) is 3.45. The average Bonchev–Trinajstić information content (AvgIpc) is 3.29. The van der Waals surface area contributed by atoms with E-state index in [1.54, 1.807) is 11.8 Å². The van der Waals surface area contributed by atoms with Gasteiger partial charge in [-0.3, -0.25) is 4.79 Å². The van der Waals surface area contributed by atoms with Gasteiger partial charge in [0, 0.05) is 24.8 Å². The van der Waals surface area contributed by atoms with Gasteiger partial charge in [0.05, 0.1) is 12.3 Å². The van der Waals surface area contributed by atoms with Crippen molar-refractivity contribution in [2.75, 3.05) is 25.6 Å². The van der Waals surface area contributed by atoms with Crippen LogP contribution in [0.4, 0.5) is 5.69 Å². The van der Waals surface area contributed by atoms with Crippen LogP contribution in [0.5, 0.6) is 6.01 Å². The van der Waals surface area contributed by atoms with E-state index >= 15 is 0 Å². The number of hydrogen-bond donors (Lipinski definition) is 1. The lowest BCUT2D eigenvalue weighted by molar-refractivity contribution is -0.116. The first kappa shape index (κ1) is 23.2. The maximum atomic E-state index is 12.4. The van der Waals surface area contributed by atoms with E-state index in [9.17, 15) is 4.79 Å². The van der Waals surface area contributed by atoms with Crippen LogP contribution in [0.25, 0.3) is 17.1 Å². The van der Waals surface area contributed by atoms with E-state index in [4.69, 9.17) is 9.47 Å². The van der Waals surface area contributed by atoms with Gasteiger partial charge in [0.2, 0.25) is 5.91 Å². The van der Waals surface area contributed by atoms with E-state index in [1.807, 2.05) is 85.8 Å². The first-order valence-corrected chi connectivity index (χ1v) is 11.2. The number of carbonyl (C=O) groups is 1. The normalized spacial score (nSPS) is 10.8. The number of carbonyl (C=O) groups excluding carboxylic acids is 1. The molecule has 34 heavy (non-hydrogen) atoms. The maximum absolute atomic E-state index is 12.4. The molecule has 0 radical (unpaired) electrons. The Morgan fingerprint density at radius 2 is 1.68 bits per heavy atom. The number of nitrogens with zero attached hydrogens (tertiary/aromatic N) is 3. The van der Waals surface area contributed by atoms with Crippen molar-refractivity contribution in [2.45, 2.75) is 19.8 Å². The van der Waals surface area contributed by atoms with Gasteiger partial charge in [0.25, 0.3) is 0 Å². The molecule has 0 fully saturated rings. The number of methoxy groups -OCH3 is 1.